The maximum atomic E-state index is 14.8. The molecule has 1 aliphatic heterocycles. The first kappa shape index (κ1) is 15.7. The summed E-state index contributed by atoms with van der Waals surface area (Å²) in [5.74, 6) is 0. The number of hydrogen-bond acceptors (Lipinski definition) is 3. The van der Waals surface area contributed by atoms with Crippen molar-refractivity contribution < 1.29 is 13.7 Å². The lowest BCUT2D eigenvalue weighted by Crippen LogP contribution is -2.41. The molecular weight excluding hydrogens is 298 g/mol. The summed E-state index contributed by atoms with van der Waals surface area (Å²) in [6.07, 6.45) is 0. The van der Waals surface area contributed by atoms with Crippen molar-refractivity contribution in [2.75, 3.05) is 0 Å². The molecule has 1 saturated heterocycles. The van der Waals surface area contributed by atoms with Crippen LogP contribution in [0.25, 0.3) is 15.7 Å². The molecule has 0 radical (unpaired) electrons. The zero-order chi connectivity index (χ0) is 16.1. The van der Waals surface area contributed by atoms with Crippen LogP contribution in [0.1, 0.15) is 39.5 Å². The van der Waals surface area contributed by atoms with Gasteiger partial charge in [-0.15, -0.1) is 11.3 Å². The van der Waals surface area contributed by atoms with E-state index in [0.29, 0.717) is 5.57 Å². The van der Waals surface area contributed by atoms with E-state index in [1.54, 1.807) is 18.3 Å². The molecule has 1 aromatic heterocycles. The zero-order valence-corrected chi connectivity index (χ0v) is 14.4. The van der Waals surface area contributed by atoms with Crippen LogP contribution in [0.5, 0.6) is 0 Å². The van der Waals surface area contributed by atoms with Gasteiger partial charge in [0, 0.05) is 9.58 Å². The molecule has 0 amide bonds. The number of hydrogen-bond donors (Lipinski definition) is 0. The number of thiophene rings is 1. The molecule has 116 valence electrons. The monoisotopic (exact) mass is 318 g/mol. The molecule has 0 aliphatic carbocycles. The Balaban J connectivity index is 1.95. The molecule has 22 heavy (non-hydrogen) atoms. The molecule has 1 aromatic carbocycles. The maximum Gasteiger partial charge on any atom is 0.525 e. The van der Waals surface area contributed by atoms with Crippen LogP contribution in [0, 0.1) is 0 Å². The lowest BCUT2D eigenvalue weighted by atomic mass is 9.84. The van der Waals surface area contributed by atoms with Crippen molar-refractivity contribution in [2.24, 2.45) is 0 Å². The quantitative estimate of drug-likeness (QED) is 0.706. The smallest absolute Gasteiger partial charge is 0.398 e. The molecule has 0 bridgehead atoms. The summed E-state index contributed by atoms with van der Waals surface area (Å²) < 4.78 is 27.6. The van der Waals surface area contributed by atoms with E-state index in [4.69, 9.17) is 9.31 Å². The van der Waals surface area contributed by atoms with Crippen LogP contribution in [0.2, 0.25) is 0 Å². The summed E-state index contributed by atoms with van der Waals surface area (Å²) in [6.45, 7) is 9.49. The van der Waals surface area contributed by atoms with Gasteiger partial charge in [0.15, 0.2) is 0 Å². The fraction of sp³-hybridized carbons (Fsp3) is 0.412. The van der Waals surface area contributed by atoms with E-state index in [2.05, 4.69) is 0 Å². The number of benzene rings is 1. The molecule has 0 saturated carbocycles. The Bertz CT molecular complexity index is 699. The standard InChI is InChI=1S/C17H20BFO2S/c1-11(14-10-12-8-6-7-9-13(12)22-14)15(19)18-20-16(2,3)17(4,5)21-18/h6-10H,1-5H3. The van der Waals surface area contributed by atoms with Crippen LogP contribution in [0.4, 0.5) is 4.39 Å². The Kier molecular flexibility index (Phi) is 3.71. The molecular formula is C17H20BFO2S. The first-order valence-corrected chi connectivity index (χ1v) is 8.24. The second kappa shape index (κ2) is 5.19. The van der Waals surface area contributed by atoms with Crippen LogP contribution in [0.15, 0.2) is 36.1 Å². The number of fused-ring (bicyclic) bond motifs is 1. The van der Waals surface area contributed by atoms with Crippen molar-refractivity contribution in [2.45, 2.75) is 45.8 Å². The van der Waals surface area contributed by atoms with Gasteiger partial charge >= 0.3 is 7.12 Å². The Morgan fingerprint density at radius 2 is 1.68 bits per heavy atom. The van der Waals surface area contributed by atoms with E-state index in [9.17, 15) is 4.39 Å². The van der Waals surface area contributed by atoms with Crippen molar-refractivity contribution in [1.29, 1.82) is 0 Å². The summed E-state index contributed by atoms with van der Waals surface area (Å²) in [5, 5.41) is 1.13. The fourth-order valence-electron chi connectivity index (χ4n) is 2.41. The third-order valence-electron chi connectivity index (χ3n) is 4.61. The fourth-order valence-corrected chi connectivity index (χ4v) is 3.47. The average Bonchev–Trinajstić information content (AvgIpc) is 2.96. The van der Waals surface area contributed by atoms with Gasteiger partial charge in [-0.05, 0) is 57.7 Å². The second-order valence-corrected chi connectivity index (χ2v) is 7.79. The summed E-state index contributed by atoms with van der Waals surface area (Å²) in [4.78, 5) is 0.911. The summed E-state index contributed by atoms with van der Waals surface area (Å²) in [6, 6.07) is 10.1. The minimum Gasteiger partial charge on any atom is -0.398 e. The Hall–Kier alpha value is -1.17. The number of rotatable bonds is 2. The summed E-state index contributed by atoms with van der Waals surface area (Å²) >= 11 is 1.58. The number of halogens is 1. The van der Waals surface area contributed by atoms with Gasteiger partial charge < -0.3 is 9.31 Å². The number of allylic oxidation sites excluding steroid dienone is 1. The SMILES string of the molecule is CC(=C(F)B1OC(C)(C)C(C)(C)O1)c1cc2ccccc2s1. The van der Waals surface area contributed by atoms with Gasteiger partial charge in [0.05, 0.1) is 11.2 Å². The van der Waals surface area contributed by atoms with Gasteiger partial charge in [0.25, 0.3) is 0 Å². The first-order chi connectivity index (χ1) is 10.2. The molecule has 0 spiro atoms. The van der Waals surface area contributed by atoms with E-state index in [1.807, 2.05) is 58.0 Å². The third-order valence-corrected chi connectivity index (χ3v) is 5.85. The van der Waals surface area contributed by atoms with Crippen molar-refractivity contribution >= 4 is 34.1 Å². The molecule has 3 rings (SSSR count). The van der Waals surface area contributed by atoms with Crippen molar-refractivity contribution in [3.63, 3.8) is 0 Å². The molecule has 0 N–H and O–H groups in total. The third kappa shape index (κ3) is 2.51. The largest absolute Gasteiger partial charge is 0.525 e. The van der Waals surface area contributed by atoms with Gasteiger partial charge in [-0.1, -0.05) is 18.2 Å². The van der Waals surface area contributed by atoms with Crippen LogP contribution in [0.3, 0.4) is 0 Å². The summed E-state index contributed by atoms with van der Waals surface area (Å²) in [7, 11) is -0.935. The molecule has 1 fully saturated rings. The zero-order valence-electron chi connectivity index (χ0n) is 13.6. The molecule has 2 heterocycles. The van der Waals surface area contributed by atoms with E-state index in [0.717, 1.165) is 15.0 Å². The minimum atomic E-state index is -0.935. The van der Waals surface area contributed by atoms with Gasteiger partial charge in [-0.25, -0.2) is 4.39 Å². The molecule has 2 aromatic rings. The van der Waals surface area contributed by atoms with Crippen LogP contribution >= 0.6 is 11.3 Å². The van der Waals surface area contributed by atoms with Crippen LogP contribution in [-0.2, 0) is 9.31 Å². The molecule has 1 aliphatic rings. The highest BCUT2D eigenvalue weighted by molar-refractivity contribution is 7.20. The molecule has 0 atom stereocenters. The van der Waals surface area contributed by atoms with E-state index >= 15 is 0 Å². The van der Waals surface area contributed by atoms with Gasteiger partial charge in [-0.2, -0.15) is 0 Å². The first-order valence-electron chi connectivity index (χ1n) is 7.42. The van der Waals surface area contributed by atoms with Gasteiger partial charge in [-0.3, -0.25) is 0 Å². The van der Waals surface area contributed by atoms with E-state index < -0.39 is 18.3 Å². The Labute approximate surface area is 135 Å². The van der Waals surface area contributed by atoms with Crippen LogP contribution < -0.4 is 0 Å². The van der Waals surface area contributed by atoms with E-state index in [-0.39, 0.29) is 5.73 Å². The second-order valence-electron chi connectivity index (χ2n) is 6.71. The van der Waals surface area contributed by atoms with Crippen molar-refractivity contribution in [3.05, 3.63) is 40.9 Å². The predicted molar refractivity (Wildman–Crippen MR) is 91.6 cm³/mol. The van der Waals surface area contributed by atoms with Crippen molar-refractivity contribution in [1.82, 2.24) is 0 Å². The topological polar surface area (TPSA) is 18.5 Å². The average molecular weight is 318 g/mol. The van der Waals surface area contributed by atoms with Crippen LogP contribution in [-0.4, -0.2) is 18.3 Å². The van der Waals surface area contributed by atoms with Crippen molar-refractivity contribution in [3.8, 4) is 0 Å². The highest BCUT2D eigenvalue weighted by atomic mass is 32.1. The Morgan fingerprint density at radius 1 is 1.09 bits per heavy atom. The molecule has 2 nitrogen and oxygen atoms in total. The minimum absolute atomic E-state index is 0.342. The Morgan fingerprint density at radius 3 is 2.27 bits per heavy atom. The lowest BCUT2D eigenvalue weighted by Gasteiger charge is -2.32. The maximum absolute atomic E-state index is 14.8. The molecule has 5 heteroatoms. The van der Waals surface area contributed by atoms with E-state index in [1.165, 1.54) is 0 Å². The predicted octanol–water partition coefficient (Wildman–Crippen LogP) is 5.23. The highest BCUT2D eigenvalue weighted by Gasteiger charge is 2.53. The lowest BCUT2D eigenvalue weighted by molar-refractivity contribution is 0.00578. The molecule has 0 unspecified atom stereocenters. The van der Waals surface area contributed by atoms with Gasteiger partial charge in [0.2, 0.25) is 0 Å². The normalized spacial score (nSPS) is 21.3. The summed E-state index contributed by atoms with van der Waals surface area (Å²) in [5.41, 5.74) is -0.824. The van der Waals surface area contributed by atoms with Gasteiger partial charge in [0.1, 0.15) is 5.73 Å². The highest BCUT2D eigenvalue weighted by Crippen LogP contribution is 2.41.